The highest BCUT2D eigenvalue weighted by molar-refractivity contribution is 7.91. The summed E-state index contributed by atoms with van der Waals surface area (Å²) in [5.41, 5.74) is 0. The molecule has 1 N–H and O–H groups in total. The van der Waals surface area contributed by atoms with Crippen LogP contribution in [0.3, 0.4) is 0 Å². The maximum Gasteiger partial charge on any atom is 0.239 e. The Labute approximate surface area is 143 Å². The van der Waals surface area contributed by atoms with Crippen molar-refractivity contribution < 1.29 is 18.0 Å². The molecule has 2 rings (SSSR count). The summed E-state index contributed by atoms with van der Waals surface area (Å²) in [5, 5.41) is 2.60. The second-order valence-corrected chi connectivity index (χ2v) is 8.07. The number of rotatable bonds is 6. The molecule has 1 saturated heterocycles. The molecule has 24 heavy (non-hydrogen) atoms. The highest BCUT2D eigenvalue weighted by atomic mass is 32.2. The van der Waals surface area contributed by atoms with E-state index in [4.69, 9.17) is 0 Å². The minimum atomic E-state index is -3.41. The number of carbonyl (C=O) groups is 2. The van der Waals surface area contributed by atoms with E-state index in [1.54, 1.807) is 23.1 Å². The number of carbonyl (C=O) groups excluding carboxylic acids is 2. The van der Waals surface area contributed by atoms with E-state index >= 15 is 0 Å². The molecule has 1 aliphatic heterocycles. The van der Waals surface area contributed by atoms with Crippen molar-refractivity contribution in [2.75, 3.05) is 25.4 Å². The zero-order valence-corrected chi connectivity index (χ0v) is 14.6. The summed E-state index contributed by atoms with van der Waals surface area (Å²) in [5.74, 6) is -0.467. The van der Waals surface area contributed by atoms with E-state index < -0.39 is 9.84 Å². The second-order valence-electron chi connectivity index (χ2n) is 5.96. The maximum atomic E-state index is 12.1. The largest absolute Gasteiger partial charge is 0.354 e. The summed E-state index contributed by atoms with van der Waals surface area (Å²) in [6, 6.07) is 8.16. The number of sulfone groups is 1. The van der Waals surface area contributed by atoms with Crippen LogP contribution in [-0.2, 0) is 19.4 Å². The molecule has 1 aromatic rings. The number of amides is 2. The second kappa shape index (κ2) is 8.82. The van der Waals surface area contributed by atoms with E-state index in [0.29, 0.717) is 13.0 Å². The van der Waals surface area contributed by atoms with Gasteiger partial charge in [-0.2, -0.15) is 0 Å². The van der Waals surface area contributed by atoms with Crippen molar-refractivity contribution in [2.24, 2.45) is 0 Å². The molecule has 0 atom stereocenters. The molecule has 0 saturated carbocycles. The Morgan fingerprint density at radius 2 is 1.79 bits per heavy atom. The predicted molar refractivity (Wildman–Crippen MR) is 91.2 cm³/mol. The van der Waals surface area contributed by atoms with Crippen molar-refractivity contribution in [1.29, 1.82) is 0 Å². The van der Waals surface area contributed by atoms with Crippen LogP contribution in [0, 0.1) is 0 Å². The van der Waals surface area contributed by atoms with Gasteiger partial charge in [-0.1, -0.05) is 31.0 Å². The standard InChI is InChI=1S/C17H24N2O4S/c20-16(14-19-12-7-2-1-6-10-17(19)21)18-11-13-24(22,23)15-8-4-3-5-9-15/h3-5,8-9H,1-2,6-7,10-14H2,(H,18,20). The summed E-state index contributed by atoms with van der Waals surface area (Å²) in [4.78, 5) is 25.8. The fourth-order valence-corrected chi connectivity index (χ4v) is 3.86. The van der Waals surface area contributed by atoms with Crippen LogP contribution in [0.1, 0.15) is 32.1 Å². The van der Waals surface area contributed by atoms with Crippen LogP contribution in [-0.4, -0.2) is 50.5 Å². The first-order valence-corrected chi connectivity index (χ1v) is 9.96. The SMILES string of the molecule is O=C(CN1CCCCCCC1=O)NCCS(=O)(=O)c1ccccc1. The van der Waals surface area contributed by atoms with Gasteiger partial charge in [0.15, 0.2) is 9.84 Å². The molecule has 1 aliphatic rings. The molecule has 0 unspecified atom stereocenters. The predicted octanol–water partition coefficient (Wildman–Crippen LogP) is 1.37. The Balaban J connectivity index is 1.79. The maximum absolute atomic E-state index is 12.1. The molecule has 6 nitrogen and oxygen atoms in total. The molecule has 0 aliphatic carbocycles. The van der Waals surface area contributed by atoms with E-state index in [0.717, 1.165) is 25.7 Å². The first kappa shape index (κ1) is 18.4. The third-order valence-corrected chi connectivity index (χ3v) is 5.78. The van der Waals surface area contributed by atoms with Gasteiger partial charge in [-0.15, -0.1) is 0 Å². The van der Waals surface area contributed by atoms with Gasteiger partial charge in [-0.25, -0.2) is 8.42 Å². The zero-order chi connectivity index (χ0) is 17.4. The molecule has 1 heterocycles. The topological polar surface area (TPSA) is 83.6 Å². The van der Waals surface area contributed by atoms with Crippen LogP contribution in [0.15, 0.2) is 35.2 Å². The van der Waals surface area contributed by atoms with Crippen molar-refractivity contribution in [2.45, 2.75) is 37.0 Å². The van der Waals surface area contributed by atoms with Crippen LogP contribution < -0.4 is 5.32 Å². The lowest BCUT2D eigenvalue weighted by Crippen LogP contribution is -2.42. The van der Waals surface area contributed by atoms with Crippen molar-refractivity contribution in [3.8, 4) is 0 Å². The summed E-state index contributed by atoms with van der Waals surface area (Å²) < 4.78 is 24.2. The number of nitrogens with zero attached hydrogens (tertiary/aromatic N) is 1. The molecule has 0 spiro atoms. The Morgan fingerprint density at radius 3 is 2.54 bits per heavy atom. The van der Waals surface area contributed by atoms with E-state index in [2.05, 4.69) is 5.32 Å². The van der Waals surface area contributed by atoms with Crippen LogP contribution in [0.4, 0.5) is 0 Å². The van der Waals surface area contributed by atoms with Gasteiger partial charge >= 0.3 is 0 Å². The van der Waals surface area contributed by atoms with Crippen LogP contribution in [0.2, 0.25) is 0 Å². The van der Waals surface area contributed by atoms with Gasteiger partial charge in [0.25, 0.3) is 0 Å². The van der Waals surface area contributed by atoms with Gasteiger partial charge in [0.1, 0.15) is 0 Å². The highest BCUT2D eigenvalue weighted by Gasteiger charge is 2.19. The lowest BCUT2D eigenvalue weighted by atomic mass is 10.1. The van der Waals surface area contributed by atoms with Crippen molar-refractivity contribution >= 4 is 21.7 Å². The molecule has 0 bridgehead atoms. The molecule has 1 fully saturated rings. The van der Waals surface area contributed by atoms with Gasteiger partial charge in [-0.05, 0) is 25.0 Å². The normalized spacial score (nSPS) is 16.3. The third-order valence-electron chi connectivity index (χ3n) is 4.05. The summed E-state index contributed by atoms with van der Waals surface area (Å²) in [7, 11) is -3.41. The molecule has 1 aromatic carbocycles. The molecule has 0 radical (unpaired) electrons. The first-order chi connectivity index (χ1) is 11.5. The minimum absolute atomic E-state index is 0.00163. The smallest absolute Gasteiger partial charge is 0.239 e. The first-order valence-electron chi connectivity index (χ1n) is 8.31. The third kappa shape index (κ3) is 5.63. The number of hydrogen-bond acceptors (Lipinski definition) is 4. The highest BCUT2D eigenvalue weighted by Crippen LogP contribution is 2.11. The average molecular weight is 352 g/mol. The van der Waals surface area contributed by atoms with Crippen LogP contribution in [0.5, 0.6) is 0 Å². The van der Waals surface area contributed by atoms with Crippen molar-refractivity contribution in [3.05, 3.63) is 30.3 Å². The van der Waals surface area contributed by atoms with Crippen molar-refractivity contribution in [1.82, 2.24) is 10.2 Å². The Bertz CT molecular complexity index is 658. The fourth-order valence-electron chi connectivity index (χ4n) is 2.68. The zero-order valence-electron chi connectivity index (χ0n) is 13.7. The van der Waals surface area contributed by atoms with Gasteiger partial charge in [0.05, 0.1) is 17.2 Å². The van der Waals surface area contributed by atoms with Gasteiger partial charge < -0.3 is 10.2 Å². The summed E-state index contributed by atoms with van der Waals surface area (Å²) in [6.07, 6.45) is 4.38. The molecular weight excluding hydrogens is 328 g/mol. The van der Waals surface area contributed by atoms with E-state index in [9.17, 15) is 18.0 Å². The number of hydrogen-bond donors (Lipinski definition) is 1. The molecule has 0 aromatic heterocycles. The minimum Gasteiger partial charge on any atom is -0.354 e. The Morgan fingerprint density at radius 1 is 1.08 bits per heavy atom. The van der Waals surface area contributed by atoms with Crippen molar-refractivity contribution in [3.63, 3.8) is 0 Å². The molecule has 7 heteroatoms. The Hall–Kier alpha value is -1.89. The summed E-state index contributed by atoms with van der Waals surface area (Å²) in [6.45, 7) is 0.636. The number of likely N-dealkylation sites (tertiary alicyclic amines) is 1. The van der Waals surface area contributed by atoms with Crippen LogP contribution in [0.25, 0.3) is 0 Å². The number of nitrogens with one attached hydrogen (secondary N) is 1. The van der Waals surface area contributed by atoms with Gasteiger partial charge in [0.2, 0.25) is 11.8 Å². The lowest BCUT2D eigenvalue weighted by molar-refractivity contribution is -0.136. The van der Waals surface area contributed by atoms with Gasteiger partial charge in [0, 0.05) is 19.5 Å². The molecule has 2 amide bonds. The lowest BCUT2D eigenvalue weighted by Gasteiger charge is -2.24. The van der Waals surface area contributed by atoms with Crippen LogP contribution >= 0.6 is 0 Å². The van der Waals surface area contributed by atoms with E-state index in [1.807, 2.05) is 0 Å². The molecule has 132 valence electrons. The number of benzene rings is 1. The Kier molecular flexibility index (Phi) is 6.78. The van der Waals surface area contributed by atoms with Gasteiger partial charge in [-0.3, -0.25) is 9.59 Å². The summed E-state index contributed by atoms with van der Waals surface area (Å²) >= 11 is 0. The molecular formula is C17H24N2O4S. The quantitative estimate of drug-likeness (QED) is 0.838. The fraction of sp³-hybridized carbons (Fsp3) is 0.529. The van der Waals surface area contributed by atoms with E-state index in [1.165, 1.54) is 12.1 Å². The average Bonchev–Trinajstić information content (AvgIpc) is 2.55. The van der Waals surface area contributed by atoms with E-state index in [-0.39, 0.29) is 35.6 Å². The monoisotopic (exact) mass is 352 g/mol.